The Morgan fingerprint density at radius 3 is 0.911 bits per heavy atom. The number of hydrogen-bond acceptors (Lipinski definition) is 12. The van der Waals surface area contributed by atoms with E-state index in [2.05, 4.69) is 0 Å². The van der Waals surface area contributed by atoms with Crippen LogP contribution in [0.15, 0.2) is 48.5 Å². The quantitative estimate of drug-likeness (QED) is 0.0679. The van der Waals surface area contributed by atoms with Gasteiger partial charge in [-0.3, -0.25) is 40.5 Å². The van der Waals surface area contributed by atoms with E-state index >= 15 is 0 Å². The summed E-state index contributed by atoms with van der Waals surface area (Å²) in [6.07, 6.45) is 1.51. The van der Waals surface area contributed by atoms with Gasteiger partial charge in [0.05, 0.1) is 46.1 Å². The molecule has 0 amide bonds. The molecule has 8 bridgehead atoms. The average molecular weight is 773 g/mol. The summed E-state index contributed by atoms with van der Waals surface area (Å²) in [6.45, 7) is 8.52. The van der Waals surface area contributed by atoms with Gasteiger partial charge >= 0.3 is 0 Å². The van der Waals surface area contributed by atoms with Crippen LogP contribution in [0.1, 0.15) is 97.9 Å². The summed E-state index contributed by atoms with van der Waals surface area (Å²) < 4.78 is 24.6. The third kappa shape index (κ3) is 9.30. The molecule has 4 aromatic carbocycles. The minimum atomic E-state index is -0.602. The summed E-state index contributed by atoms with van der Waals surface area (Å²) in [5.41, 5.74) is 0.260. The highest BCUT2D eigenvalue weighted by atomic mass is 16.6. The lowest BCUT2D eigenvalue weighted by Gasteiger charge is -2.21. The molecule has 4 aromatic rings. The molecule has 0 spiro atoms. The Bertz CT molecular complexity index is 1900. The van der Waals surface area contributed by atoms with Crippen LogP contribution in [0, 0.1) is 40.5 Å². The maximum absolute atomic E-state index is 13.0. The first-order valence-electron chi connectivity index (χ1n) is 18.6. The summed E-state index contributed by atoms with van der Waals surface area (Å²) in [6, 6.07) is 11.2. The lowest BCUT2D eigenvalue weighted by atomic mass is 9.89. The first-order valence-corrected chi connectivity index (χ1v) is 18.6. The minimum Gasteiger partial charge on any atom is -0.494 e. The van der Waals surface area contributed by atoms with E-state index in [1.165, 1.54) is 24.3 Å². The van der Waals surface area contributed by atoms with Gasteiger partial charge in [0.1, 0.15) is 23.0 Å². The van der Waals surface area contributed by atoms with Gasteiger partial charge in [-0.2, -0.15) is 0 Å². The molecule has 0 N–H and O–H groups in total. The van der Waals surface area contributed by atoms with E-state index in [0.717, 1.165) is 0 Å². The lowest BCUT2D eigenvalue weighted by molar-refractivity contribution is -0.390. The van der Waals surface area contributed by atoms with E-state index in [0.29, 0.717) is 72.6 Å². The molecule has 16 heteroatoms. The van der Waals surface area contributed by atoms with Gasteiger partial charge < -0.3 is 18.9 Å². The number of hydrogen-bond donors (Lipinski definition) is 0. The second-order valence-corrected chi connectivity index (χ2v) is 13.5. The molecule has 0 aromatic heterocycles. The van der Waals surface area contributed by atoms with Crippen LogP contribution in [-0.2, 0) is 25.7 Å². The van der Waals surface area contributed by atoms with Crippen molar-refractivity contribution in [3.05, 3.63) is 133 Å². The first-order chi connectivity index (χ1) is 26.9. The molecule has 0 radical (unpaired) electrons. The van der Waals surface area contributed by atoms with Crippen molar-refractivity contribution in [1.29, 1.82) is 0 Å². The second kappa shape index (κ2) is 18.3. The molecule has 296 valence electrons. The van der Waals surface area contributed by atoms with Crippen molar-refractivity contribution in [2.24, 2.45) is 0 Å². The molecule has 56 heavy (non-hydrogen) atoms. The maximum atomic E-state index is 13.0. The van der Waals surface area contributed by atoms with Crippen molar-refractivity contribution in [3.8, 4) is 23.0 Å². The molecular formula is C40H44N4O12. The smallest absolute Gasteiger partial charge is 0.276 e. The van der Waals surface area contributed by atoms with Gasteiger partial charge in [0.15, 0.2) is 0 Å². The van der Waals surface area contributed by atoms with Crippen LogP contribution in [0.4, 0.5) is 22.7 Å². The number of benzene rings is 4. The van der Waals surface area contributed by atoms with E-state index in [9.17, 15) is 40.5 Å². The van der Waals surface area contributed by atoms with Crippen LogP contribution in [0.2, 0.25) is 0 Å². The number of fused-ring (bicyclic) bond motifs is 8. The maximum Gasteiger partial charge on any atom is 0.276 e. The summed E-state index contributed by atoms with van der Waals surface area (Å²) in [5, 5.41) is 50.9. The molecule has 1 aliphatic rings. The highest BCUT2D eigenvalue weighted by molar-refractivity contribution is 5.64. The molecule has 0 atom stereocenters. The Morgan fingerprint density at radius 2 is 0.679 bits per heavy atom. The molecule has 16 nitrogen and oxygen atoms in total. The Hall–Kier alpha value is -6.32. The van der Waals surface area contributed by atoms with Gasteiger partial charge in [-0.15, -0.1) is 0 Å². The predicted octanol–water partition coefficient (Wildman–Crippen LogP) is 9.15. The zero-order chi connectivity index (χ0) is 40.5. The number of nitrogens with zero attached hydrogens (tertiary/aromatic N) is 4. The number of nitro benzene ring substituents is 4. The van der Waals surface area contributed by atoms with E-state index < -0.39 is 19.7 Å². The van der Waals surface area contributed by atoms with E-state index in [1.807, 2.05) is 27.7 Å². The van der Waals surface area contributed by atoms with Gasteiger partial charge in [-0.05, 0) is 49.9 Å². The fourth-order valence-corrected chi connectivity index (χ4v) is 6.88. The predicted molar refractivity (Wildman–Crippen MR) is 207 cm³/mol. The first kappa shape index (κ1) is 40.9. The molecule has 5 rings (SSSR count). The van der Waals surface area contributed by atoms with Crippen LogP contribution < -0.4 is 18.9 Å². The zero-order valence-corrected chi connectivity index (χ0v) is 31.8. The molecular weight excluding hydrogens is 728 g/mol. The van der Waals surface area contributed by atoms with Crippen LogP contribution in [0.5, 0.6) is 23.0 Å². The summed E-state index contributed by atoms with van der Waals surface area (Å²) in [4.78, 5) is 48.6. The second-order valence-electron chi connectivity index (χ2n) is 13.5. The topological polar surface area (TPSA) is 209 Å². The van der Waals surface area contributed by atoms with Crippen molar-refractivity contribution in [1.82, 2.24) is 0 Å². The molecule has 0 aliphatic heterocycles. The van der Waals surface area contributed by atoms with E-state index in [4.69, 9.17) is 18.9 Å². The third-order valence-corrected chi connectivity index (χ3v) is 9.09. The van der Waals surface area contributed by atoms with Gasteiger partial charge in [-0.1, -0.05) is 27.7 Å². The van der Waals surface area contributed by atoms with Crippen molar-refractivity contribution < 1.29 is 38.6 Å². The molecule has 0 saturated carbocycles. The SMILES string of the molecule is CCCOc1cc2c(OCCC)c(c1)Cc1cc([N+](=O)[O-])cc(c1[N+](=O)[O-])Cc1cc(OCCC)cc(c1OCCC)Cc1cc([N+](=O)[O-])cc(c1[N+](=O)[O-])C2. The average Bonchev–Trinajstić information content (AvgIpc) is 3.14. The van der Waals surface area contributed by atoms with Gasteiger partial charge in [-0.25, -0.2) is 0 Å². The van der Waals surface area contributed by atoms with Crippen LogP contribution in [-0.4, -0.2) is 46.1 Å². The number of non-ortho nitro benzene ring substituents is 2. The van der Waals surface area contributed by atoms with Crippen molar-refractivity contribution in [2.45, 2.75) is 79.1 Å². The van der Waals surface area contributed by atoms with Gasteiger partial charge in [0.25, 0.3) is 22.7 Å². The Balaban J connectivity index is 1.96. The summed E-state index contributed by atoms with van der Waals surface area (Å²) in [7, 11) is 0. The Morgan fingerprint density at radius 1 is 0.411 bits per heavy atom. The number of ether oxygens (including phenoxy) is 4. The van der Waals surface area contributed by atoms with Gasteiger partial charge in [0, 0.05) is 94.5 Å². The fourth-order valence-electron chi connectivity index (χ4n) is 6.88. The van der Waals surface area contributed by atoms with E-state index in [-0.39, 0.29) is 95.4 Å². The van der Waals surface area contributed by atoms with Crippen LogP contribution >= 0.6 is 0 Å². The third-order valence-electron chi connectivity index (χ3n) is 9.09. The fraction of sp³-hybridized carbons (Fsp3) is 0.400. The van der Waals surface area contributed by atoms with Crippen LogP contribution in [0.3, 0.4) is 0 Å². The van der Waals surface area contributed by atoms with Crippen molar-refractivity contribution >= 4 is 22.7 Å². The molecule has 0 unspecified atom stereocenters. The summed E-state index contributed by atoms with van der Waals surface area (Å²) in [5.74, 6) is 1.14. The van der Waals surface area contributed by atoms with E-state index in [1.54, 1.807) is 24.3 Å². The molecule has 0 fully saturated rings. The molecule has 0 heterocycles. The molecule has 1 aliphatic carbocycles. The molecule has 0 saturated heterocycles. The minimum absolute atomic E-state index is 0.0319. The summed E-state index contributed by atoms with van der Waals surface area (Å²) >= 11 is 0. The normalized spacial score (nSPS) is 12.1. The highest BCUT2D eigenvalue weighted by Crippen LogP contribution is 2.43. The Labute approximate surface area is 323 Å². The number of nitro groups is 4. The van der Waals surface area contributed by atoms with Crippen molar-refractivity contribution in [3.63, 3.8) is 0 Å². The largest absolute Gasteiger partial charge is 0.494 e. The highest BCUT2D eigenvalue weighted by Gasteiger charge is 2.31. The zero-order valence-electron chi connectivity index (χ0n) is 31.8. The van der Waals surface area contributed by atoms with Crippen LogP contribution in [0.25, 0.3) is 0 Å². The number of rotatable bonds is 16. The Kier molecular flexibility index (Phi) is 13.4. The standard InChI is InChI=1S/C40H44N4O12/c1-5-9-53-35-21-29-13-25-17-33(41(45)46)19-27(37(25)43(49)50)15-31-23-36(54-10-6-2)24-32(40(31)56-12-8-4)16-28-20-34(42(47)48)18-26(38(28)44(51)52)14-30(22-35)39(29)55-11-7-3/h17-24H,5-16H2,1-4H3. The monoisotopic (exact) mass is 772 g/mol. The lowest BCUT2D eigenvalue weighted by Crippen LogP contribution is -2.11. The van der Waals surface area contributed by atoms with Crippen molar-refractivity contribution in [2.75, 3.05) is 26.4 Å². The van der Waals surface area contributed by atoms with Gasteiger partial charge in [0.2, 0.25) is 0 Å².